The number of thiophene rings is 1. The molecule has 3 rings (SSSR count). The third kappa shape index (κ3) is 4.67. The van der Waals surface area contributed by atoms with Gasteiger partial charge in [-0.2, -0.15) is 0 Å². The van der Waals surface area contributed by atoms with E-state index in [4.69, 9.17) is 5.73 Å². The van der Waals surface area contributed by atoms with Crippen LogP contribution in [-0.4, -0.2) is 36.3 Å². The average molecular weight is 357 g/mol. The SMILES string of the molecule is NC(=O)[C@H]1CCCN(CC(=O)N[C@@H](c2ccccc2)c2cccs2)C1. The van der Waals surface area contributed by atoms with Crippen molar-refractivity contribution < 1.29 is 9.59 Å². The van der Waals surface area contributed by atoms with Crippen LogP contribution >= 0.6 is 11.3 Å². The first-order chi connectivity index (χ1) is 12.1. The largest absolute Gasteiger partial charge is 0.369 e. The number of piperidine rings is 1. The molecular weight excluding hydrogens is 334 g/mol. The van der Waals surface area contributed by atoms with Crippen LogP contribution in [0.15, 0.2) is 47.8 Å². The van der Waals surface area contributed by atoms with Crippen molar-refractivity contribution in [2.75, 3.05) is 19.6 Å². The van der Waals surface area contributed by atoms with Gasteiger partial charge in [0.1, 0.15) is 0 Å². The van der Waals surface area contributed by atoms with Gasteiger partial charge in [0.2, 0.25) is 11.8 Å². The molecule has 2 atom stereocenters. The van der Waals surface area contributed by atoms with Gasteiger partial charge in [0.05, 0.1) is 18.5 Å². The van der Waals surface area contributed by atoms with E-state index in [1.54, 1.807) is 11.3 Å². The quantitative estimate of drug-likeness (QED) is 0.832. The highest BCUT2D eigenvalue weighted by Crippen LogP contribution is 2.26. The number of likely N-dealkylation sites (tertiary alicyclic amines) is 1. The molecular formula is C19H23N3O2S. The molecule has 0 spiro atoms. The Morgan fingerprint density at radius 2 is 2.04 bits per heavy atom. The average Bonchev–Trinajstić information content (AvgIpc) is 3.15. The van der Waals surface area contributed by atoms with Crippen LogP contribution in [0.2, 0.25) is 0 Å². The van der Waals surface area contributed by atoms with E-state index in [1.165, 1.54) is 0 Å². The lowest BCUT2D eigenvalue weighted by molar-refractivity contribution is -0.127. The van der Waals surface area contributed by atoms with Crippen molar-refractivity contribution in [2.45, 2.75) is 18.9 Å². The fourth-order valence-corrected chi connectivity index (χ4v) is 4.06. The summed E-state index contributed by atoms with van der Waals surface area (Å²) in [4.78, 5) is 27.1. The van der Waals surface area contributed by atoms with Crippen molar-refractivity contribution >= 4 is 23.2 Å². The lowest BCUT2D eigenvalue weighted by atomic mass is 9.97. The molecule has 6 heteroatoms. The van der Waals surface area contributed by atoms with Gasteiger partial charge in [0.15, 0.2) is 0 Å². The minimum Gasteiger partial charge on any atom is -0.369 e. The Morgan fingerprint density at radius 3 is 2.72 bits per heavy atom. The Labute approximate surface area is 151 Å². The summed E-state index contributed by atoms with van der Waals surface area (Å²) in [7, 11) is 0. The van der Waals surface area contributed by atoms with E-state index in [9.17, 15) is 9.59 Å². The van der Waals surface area contributed by atoms with Crippen molar-refractivity contribution in [1.82, 2.24) is 10.2 Å². The van der Waals surface area contributed by atoms with Gasteiger partial charge in [-0.3, -0.25) is 14.5 Å². The van der Waals surface area contributed by atoms with Gasteiger partial charge in [-0.15, -0.1) is 11.3 Å². The number of hydrogen-bond donors (Lipinski definition) is 2. The van der Waals surface area contributed by atoms with Crippen LogP contribution in [0, 0.1) is 5.92 Å². The number of nitrogens with two attached hydrogens (primary N) is 1. The molecule has 2 amide bonds. The second kappa shape index (κ2) is 8.27. The number of primary amides is 1. The molecule has 1 aromatic carbocycles. The Kier molecular flexibility index (Phi) is 5.83. The molecule has 0 aliphatic carbocycles. The highest BCUT2D eigenvalue weighted by Gasteiger charge is 2.26. The zero-order valence-corrected chi connectivity index (χ0v) is 14.9. The first-order valence-electron chi connectivity index (χ1n) is 8.53. The monoisotopic (exact) mass is 357 g/mol. The Morgan fingerprint density at radius 1 is 1.24 bits per heavy atom. The highest BCUT2D eigenvalue weighted by atomic mass is 32.1. The number of carbonyl (C=O) groups excluding carboxylic acids is 2. The van der Waals surface area contributed by atoms with Gasteiger partial charge >= 0.3 is 0 Å². The van der Waals surface area contributed by atoms with Crippen molar-refractivity contribution in [1.29, 1.82) is 0 Å². The zero-order valence-electron chi connectivity index (χ0n) is 14.1. The second-order valence-electron chi connectivity index (χ2n) is 6.40. The first-order valence-corrected chi connectivity index (χ1v) is 9.41. The maximum Gasteiger partial charge on any atom is 0.234 e. The summed E-state index contributed by atoms with van der Waals surface area (Å²) in [5.41, 5.74) is 6.48. The number of hydrogen-bond acceptors (Lipinski definition) is 4. The third-order valence-electron chi connectivity index (χ3n) is 4.54. The normalized spacial score (nSPS) is 19.3. The highest BCUT2D eigenvalue weighted by molar-refractivity contribution is 7.10. The zero-order chi connectivity index (χ0) is 17.6. The minimum atomic E-state index is -0.272. The first kappa shape index (κ1) is 17.6. The van der Waals surface area contributed by atoms with Crippen LogP contribution in [0.4, 0.5) is 0 Å². The van der Waals surface area contributed by atoms with Crippen molar-refractivity contribution in [2.24, 2.45) is 11.7 Å². The molecule has 2 heterocycles. The molecule has 1 saturated heterocycles. The van der Waals surface area contributed by atoms with E-state index >= 15 is 0 Å². The van der Waals surface area contributed by atoms with Gasteiger partial charge in [0, 0.05) is 11.4 Å². The van der Waals surface area contributed by atoms with Gasteiger partial charge in [-0.25, -0.2) is 0 Å². The maximum absolute atomic E-state index is 12.6. The van der Waals surface area contributed by atoms with E-state index in [1.807, 2.05) is 52.7 Å². The van der Waals surface area contributed by atoms with Crippen LogP contribution in [0.25, 0.3) is 0 Å². The third-order valence-corrected chi connectivity index (χ3v) is 5.48. The van der Waals surface area contributed by atoms with Crippen LogP contribution in [-0.2, 0) is 9.59 Å². The molecule has 132 valence electrons. The lowest BCUT2D eigenvalue weighted by Gasteiger charge is -2.31. The fraction of sp³-hybridized carbons (Fsp3) is 0.368. The summed E-state index contributed by atoms with van der Waals surface area (Å²) < 4.78 is 0. The Balaban J connectivity index is 1.66. The van der Waals surface area contributed by atoms with E-state index in [2.05, 4.69) is 5.32 Å². The minimum absolute atomic E-state index is 0.0348. The molecule has 0 saturated carbocycles. The second-order valence-corrected chi connectivity index (χ2v) is 7.38. The molecule has 25 heavy (non-hydrogen) atoms. The van der Waals surface area contributed by atoms with Gasteiger partial charge in [-0.05, 0) is 36.4 Å². The number of nitrogens with zero attached hydrogens (tertiary/aromatic N) is 1. The maximum atomic E-state index is 12.6. The molecule has 1 fully saturated rings. The van der Waals surface area contributed by atoms with E-state index in [-0.39, 0.29) is 23.8 Å². The molecule has 1 aliphatic rings. The fourth-order valence-electron chi connectivity index (χ4n) is 3.26. The molecule has 3 N–H and O–H groups in total. The summed E-state index contributed by atoms with van der Waals surface area (Å²) in [6.07, 6.45) is 1.71. The van der Waals surface area contributed by atoms with Gasteiger partial charge < -0.3 is 11.1 Å². The number of amides is 2. The van der Waals surface area contributed by atoms with Crippen LogP contribution in [0.5, 0.6) is 0 Å². The van der Waals surface area contributed by atoms with Crippen LogP contribution < -0.4 is 11.1 Å². The summed E-state index contributed by atoms with van der Waals surface area (Å²) in [6, 6.07) is 13.8. The predicted molar refractivity (Wildman–Crippen MR) is 99.1 cm³/mol. The standard InChI is InChI=1S/C19H23N3O2S/c20-19(24)15-8-4-10-22(12-15)13-17(23)21-18(16-9-5-11-25-16)14-6-2-1-3-7-14/h1-3,5-7,9,11,15,18H,4,8,10,12-13H2,(H2,20,24)(H,21,23)/t15-,18-/m0/s1. The molecule has 0 unspecified atom stereocenters. The summed E-state index contributed by atoms with van der Waals surface area (Å²) in [5.74, 6) is -0.456. The van der Waals surface area contributed by atoms with Crippen molar-refractivity contribution in [3.63, 3.8) is 0 Å². The van der Waals surface area contributed by atoms with Crippen molar-refractivity contribution in [3.8, 4) is 0 Å². The van der Waals surface area contributed by atoms with Gasteiger partial charge in [-0.1, -0.05) is 36.4 Å². The number of rotatable bonds is 6. The summed E-state index contributed by atoms with van der Waals surface area (Å²) in [5, 5.41) is 5.15. The number of carbonyl (C=O) groups is 2. The van der Waals surface area contributed by atoms with E-state index in [0.29, 0.717) is 13.1 Å². The molecule has 2 aromatic rings. The lowest BCUT2D eigenvalue weighted by Crippen LogP contribution is -2.46. The molecule has 0 radical (unpaired) electrons. The van der Waals surface area contributed by atoms with Gasteiger partial charge in [0.25, 0.3) is 0 Å². The number of nitrogens with one attached hydrogen (secondary N) is 1. The summed E-state index contributed by atoms with van der Waals surface area (Å²) >= 11 is 1.63. The Bertz CT molecular complexity index is 703. The molecule has 0 bridgehead atoms. The smallest absolute Gasteiger partial charge is 0.234 e. The Hall–Kier alpha value is -2.18. The topological polar surface area (TPSA) is 75.4 Å². The molecule has 1 aliphatic heterocycles. The van der Waals surface area contributed by atoms with Crippen LogP contribution in [0.3, 0.4) is 0 Å². The molecule has 5 nitrogen and oxygen atoms in total. The summed E-state index contributed by atoms with van der Waals surface area (Å²) in [6.45, 7) is 1.68. The van der Waals surface area contributed by atoms with E-state index < -0.39 is 0 Å². The number of benzene rings is 1. The van der Waals surface area contributed by atoms with Crippen molar-refractivity contribution in [3.05, 3.63) is 58.3 Å². The van der Waals surface area contributed by atoms with Crippen LogP contribution in [0.1, 0.15) is 29.3 Å². The van der Waals surface area contributed by atoms with E-state index in [0.717, 1.165) is 29.8 Å². The predicted octanol–water partition coefficient (Wildman–Crippen LogP) is 2.15. The molecule has 1 aromatic heterocycles.